The van der Waals surface area contributed by atoms with Gasteiger partial charge in [0.05, 0.1) is 38.2 Å². The van der Waals surface area contributed by atoms with Gasteiger partial charge in [-0.3, -0.25) is 5.43 Å². The molecule has 0 saturated carbocycles. The molecule has 1 heterocycles. The van der Waals surface area contributed by atoms with Crippen LogP contribution in [0.2, 0.25) is 0 Å². The molecule has 0 fully saturated rings. The zero-order valence-electron chi connectivity index (χ0n) is 25.4. The largest absolute Gasteiger partial charge is 0.490 e. The number of amides is 2. The van der Waals surface area contributed by atoms with E-state index in [1.807, 2.05) is 30.3 Å². The molecule has 0 bridgehead atoms. The van der Waals surface area contributed by atoms with Crippen molar-refractivity contribution in [3.05, 3.63) is 77.0 Å². The fraction of sp³-hybridized carbons (Fsp3) is 0.312. The number of nitrogens with zero attached hydrogens (tertiary/aromatic N) is 1. The first-order valence-electron chi connectivity index (χ1n) is 14.3. The summed E-state index contributed by atoms with van der Waals surface area (Å²) in [5.74, 6) is 0.0212. The summed E-state index contributed by atoms with van der Waals surface area (Å²) in [6.45, 7) is 5.24. The Hall–Kier alpha value is -5.30. The highest BCUT2D eigenvalue weighted by atomic mass is 16.6. The molecule has 13 nitrogen and oxygen atoms in total. The second-order valence-corrected chi connectivity index (χ2v) is 9.71. The van der Waals surface area contributed by atoms with Gasteiger partial charge in [-0.05, 0) is 55.3 Å². The minimum atomic E-state index is -1.21. The molecule has 0 aromatic heterocycles. The highest BCUT2D eigenvalue weighted by Gasteiger charge is 2.32. The van der Waals surface area contributed by atoms with Crippen LogP contribution < -0.4 is 30.3 Å². The zero-order valence-corrected chi connectivity index (χ0v) is 25.4. The molecule has 3 aromatic carbocycles. The number of hydrazone groups is 1. The number of fused-ring (bicyclic) bond motifs is 1. The number of hydrogen-bond acceptors (Lipinski definition) is 11. The van der Waals surface area contributed by atoms with Gasteiger partial charge in [-0.15, -0.1) is 0 Å². The molecule has 0 aliphatic carbocycles. The van der Waals surface area contributed by atoms with E-state index >= 15 is 0 Å². The Kier molecular flexibility index (Phi) is 11.2. The second-order valence-electron chi connectivity index (χ2n) is 9.71. The van der Waals surface area contributed by atoms with E-state index in [4.69, 9.17) is 23.7 Å². The van der Waals surface area contributed by atoms with Crippen molar-refractivity contribution in [2.45, 2.75) is 33.0 Å². The maximum Gasteiger partial charge on any atom is 0.344 e. The third kappa shape index (κ3) is 8.21. The number of nitrogens with one attached hydrogen (secondary N) is 3. The first-order chi connectivity index (χ1) is 21.7. The summed E-state index contributed by atoms with van der Waals surface area (Å²) in [4.78, 5) is 36.5. The van der Waals surface area contributed by atoms with Gasteiger partial charge in [-0.25, -0.2) is 14.4 Å². The molecule has 45 heavy (non-hydrogen) atoms. The van der Waals surface area contributed by atoms with Crippen LogP contribution in [-0.2, 0) is 19.1 Å². The summed E-state index contributed by atoms with van der Waals surface area (Å²) in [7, 11) is 1.27. The quantitative estimate of drug-likeness (QED) is 0.0909. The maximum atomic E-state index is 12.5. The number of carbonyl (C=O) groups is 3. The van der Waals surface area contributed by atoms with E-state index in [0.717, 1.165) is 10.8 Å². The summed E-state index contributed by atoms with van der Waals surface area (Å²) in [6.07, 6.45) is 0.281. The summed E-state index contributed by atoms with van der Waals surface area (Å²) < 4.78 is 27.2. The minimum absolute atomic E-state index is 0.199. The molecule has 0 saturated heterocycles. The van der Waals surface area contributed by atoms with E-state index < -0.39 is 30.2 Å². The van der Waals surface area contributed by atoms with E-state index in [1.165, 1.54) is 13.3 Å². The number of rotatable bonds is 14. The lowest BCUT2D eigenvalue weighted by atomic mass is 9.95. The van der Waals surface area contributed by atoms with Crippen molar-refractivity contribution in [2.24, 2.45) is 5.10 Å². The van der Waals surface area contributed by atoms with E-state index in [-0.39, 0.29) is 25.4 Å². The summed E-state index contributed by atoms with van der Waals surface area (Å²) in [5.41, 5.74) is 4.44. The summed E-state index contributed by atoms with van der Waals surface area (Å²) in [6, 6.07) is 14.9. The molecule has 0 spiro atoms. The second kappa shape index (κ2) is 15.4. The molecule has 1 aliphatic heterocycles. The van der Waals surface area contributed by atoms with Crippen molar-refractivity contribution < 1.29 is 43.2 Å². The van der Waals surface area contributed by atoms with Gasteiger partial charge in [0.2, 0.25) is 0 Å². The molecule has 2 atom stereocenters. The monoisotopic (exact) mass is 620 g/mol. The third-order valence-electron chi connectivity index (χ3n) is 6.67. The van der Waals surface area contributed by atoms with Crippen LogP contribution in [0.3, 0.4) is 0 Å². The van der Waals surface area contributed by atoms with Crippen LogP contribution in [0.25, 0.3) is 10.8 Å². The van der Waals surface area contributed by atoms with Gasteiger partial charge in [-0.1, -0.05) is 36.4 Å². The molecule has 4 rings (SSSR count). The number of methoxy groups -OCH3 is 1. The van der Waals surface area contributed by atoms with Gasteiger partial charge < -0.3 is 39.4 Å². The van der Waals surface area contributed by atoms with Gasteiger partial charge in [-0.2, -0.15) is 5.10 Å². The number of allylic oxidation sites excluding steroid dienone is 1. The molecule has 238 valence electrons. The molecule has 0 unspecified atom stereocenters. The number of esters is 2. The zero-order chi connectivity index (χ0) is 32.3. The highest BCUT2D eigenvalue weighted by molar-refractivity contribution is 6.02. The standard InChI is InChI=1S/C32H36N4O9/c1-5-42-26-15-21(30-29(31(39)41-4)19(3)34-32(40)35-30)12-14-25(26)44-17-27(37)36-33-16-23-22-10-8-7-9-20(22)11-13-24(23)45-18-28(38)43-6-2/h7-16,27,30,36-37H,5-6,17-18H2,1-4H3,(H2,34,35,40)/b33-16+/t27-,30+/m0/s1. The third-order valence-corrected chi connectivity index (χ3v) is 6.67. The van der Waals surface area contributed by atoms with Crippen LogP contribution in [0, 0.1) is 0 Å². The van der Waals surface area contributed by atoms with Gasteiger partial charge in [0.1, 0.15) is 12.4 Å². The normalized spacial score (nSPS) is 15.2. The van der Waals surface area contributed by atoms with Crippen LogP contribution in [0.5, 0.6) is 17.2 Å². The summed E-state index contributed by atoms with van der Waals surface area (Å²) in [5, 5.41) is 21.8. The number of urea groups is 1. The fourth-order valence-corrected chi connectivity index (χ4v) is 4.68. The van der Waals surface area contributed by atoms with Crippen molar-refractivity contribution in [3.63, 3.8) is 0 Å². The van der Waals surface area contributed by atoms with Gasteiger partial charge in [0.25, 0.3) is 0 Å². The molecule has 2 amide bonds. The van der Waals surface area contributed by atoms with Crippen molar-refractivity contribution in [1.82, 2.24) is 16.1 Å². The smallest absolute Gasteiger partial charge is 0.344 e. The van der Waals surface area contributed by atoms with Crippen molar-refractivity contribution in [2.75, 3.05) is 33.5 Å². The first-order valence-corrected chi connectivity index (χ1v) is 14.3. The predicted octanol–water partition coefficient (Wildman–Crippen LogP) is 3.30. The average Bonchev–Trinajstić information content (AvgIpc) is 3.03. The molecule has 3 aromatic rings. The Bertz CT molecular complexity index is 1600. The summed E-state index contributed by atoms with van der Waals surface area (Å²) >= 11 is 0. The molecular formula is C32H36N4O9. The van der Waals surface area contributed by atoms with Gasteiger partial charge >= 0.3 is 18.0 Å². The van der Waals surface area contributed by atoms with Crippen LogP contribution in [-0.4, -0.2) is 69.1 Å². The molecular weight excluding hydrogens is 584 g/mol. The Morgan fingerprint density at radius 2 is 1.80 bits per heavy atom. The van der Waals surface area contributed by atoms with Crippen molar-refractivity contribution in [1.29, 1.82) is 0 Å². The molecule has 1 aliphatic rings. The Balaban J connectivity index is 1.46. The Morgan fingerprint density at radius 1 is 1.02 bits per heavy atom. The van der Waals surface area contributed by atoms with Gasteiger partial charge in [0, 0.05) is 11.3 Å². The Labute approximate surface area is 260 Å². The Morgan fingerprint density at radius 3 is 2.56 bits per heavy atom. The van der Waals surface area contributed by atoms with Gasteiger partial charge in [0.15, 0.2) is 24.3 Å². The fourth-order valence-electron chi connectivity index (χ4n) is 4.68. The lowest BCUT2D eigenvalue weighted by Crippen LogP contribution is -2.45. The van der Waals surface area contributed by atoms with Crippen LogP contribution in [0.15, 0.2) is 71.0 Å². The average molecular weight is 621 g/mol. The number of ether oxygens (including phenoxy) is 5. The van der Waals surface area contributed by atoms with Crippen molar-refractivity contribution in [3.8, 4) is 17.2 Å². The number of hydrogen-bond donors (Lipinski definition) is 4. The lowest BCUT2D eigenvalue weighted by Gasteiger charge is -2.28. The minimum Gasteiger partial charge on any atom is -0.490 e. The van der Waals surface area contributed by atoms with Crippen LogP contribution >= 0.6 is 0 Å². The van der Waals surface area contributed by atoms with E-state index in [1.54, 1.807) is 45.0 Å². The lowest BCUT2D eigenvalue weighted by molar-refractivity contribution is -0.145. The number of benzene rings is 3. The van der Waals surface area contributed by atoms with Crippen molar-refractivity contribution >= 4 is 35.0 Å². The first kappa shape index (κ1) is 32.6. The number of aliphatic hydroxyl groups is 1. The van der Waals surface area contributed by atoms with Crippen LogP contribution in [0.1, 0.15) is 37.9 Å². The van der Waals surface area contributed by atoms with E-state index in [0.29, 0.717) is 40.7 Å². The SMILES string of the molecule is CCOC(=O)COc1ccc2ccccc2c1/C=N/N[C@@H](O)COc1ccc([C@H]2NC(=O)NC(C)=C2C(=O)OC)cc1OCC. The number of carbonyl (C=O) groups excluding carboxylic acids is 3. The van der Waals surface area contributed by atoms with E-state index in [2.05, 4.69) is 21.2 Å². The molecule has 0 radical (unpaired) electrons. The number of aliphatic hydroxyl groups excluding tert-OH is 1. The highest BCUT2D eigenvalue weighted by Crippen LogP contribution is 2.35. The maximum absolute atomic E-state index is 12.5. The topological polar surface area (TPSA) is 166 Å². The molecule has 13 heteroatoms. The van der Waals surface area contributed by atoms with E-state index in [9.17, 15) is 19.5 Å². The predicted molar refractivity (Wildman–Crippen MR) is 165 cm³/mol. The van der Waals surface area contributed by atoms with Crippen LogP contribution in [0.4, 0.5) is 4.79 Å². The molecule has 4 N–H and O–H groups in total.